The van der Waals surface area contributed by atoms with Gasteiger partial charge in [0.05, 0.1) is 17.9 Å². The Kier molecular flexibility index (Phi) is 8.02. The van der Waals surface area contributed by atoms with Crippen LogP contribution in [0.2, 0.25) is 0 Å². The van der Waals surface area contributed by atoms with E-state index in [9.17, 15) is 14.4 Å². The van der Waals surface area contributed by atoms with Gasteiger partial charge in [0, 0.05) is 30.2 Å². The molecule has 1 heterocycles. The summed E-state index contributed by atoms with van der Waals surface area (Å²) >= 11 is 2.70. The van der Waals surface area contributed by atoms with Crippen LogP contribution in [-0.2, 0) is 20.8 Å². The van der Waals surface area contributed by atoms with Crippen LogP contribution in [0.15, 0.2) is 46.6 Å². The maximum atomic E-state index is 12.1. The Morgan fingerprint density at radius 1 is 1.22 bits per heavy atom. The molecule has 0 radical (unpaired) electrons. The van der Waals surface area contributed by atoms with E-state index < -0.39 is 0 Å². The average Bonchev–Trinajstić information content (AvgIpc) is 3.05. The first-order chi connectivity index (χ1) is 13.0. The third kappa shape index (κ3) is 7.63. The van der Waals surface area contributed by atoms with Crippen LogP contribution in [0.4, 0.5) is 11.4 Å². The molecule has 0 fully saturated rings. The van der Waals surface area contributed by atoms with E-state index in [1.54, 1.807) is 30.3 Å². The fourth-order valence-corrected chi connectivity index (χ4v) is 3.70. The van der Waals surface area contributed by atoms with Gasteiger partial charge in [-0.3, -0.25) is 14.4 Å². The number of thiazole rings is 1. The van der Waals surface area contributed by atoms with Crippen LogP contribution in [0.1, 0.15) is 12.6 Å². The second-order valence-corrected chi connectivity index (χ2v) is 7.55. The van der Waals surface area contributed by atoms with E-state index in [2.05, 4.69) is 27.5 Å². The van der Waals surface area contributed by atoms with Crippen molar-refractivity contribution in [1.82, 2.24) is 10.3 Å². The number of nitrogens with zero attached hydrogens (tertiary/aromatic N) is 1. The fourth-order valence-electron chi connectivity index (χ4n) is 2.05. The highest BCUT2D eigenvalue weighted by atomic mass is 32.2. The van der Waals surface area contributed by atoms with Gasteiger partial charge in [-0.05, 0) is 18.2 Å². The van der Waals surface area contributed by atoms with Gasteiger partial charge in [-0.25, -0.2) is 4.98 Å². The molecule has 9 heteroatoms. The molecule has 0 saturated heterocycles. The molecule has 0 unspecified atom stereocenters. The second-order valence-electron chi connectivity index (χ2n) is 5.47. The van der Waals surface area contributed by atoms with Crippen molar-refractivity contribution in [1.29, 1.82) is 0 Å². The molecule has 2 aromatic rings. The average molecular weight is 405 g/mol. The summed E-state index contributed by atoms with van der Waals surface area (Å²) in [5, 5.41) is 9.95. The van der Waals surface area contributed by atoms with Gasteiger partial charge in [-0.1, -0.05) is 23.9 Å². The van der Waals surface area contributed by atoms with Crippen LogP contribution in [0.25, 0.3) is 0 Å². The number of anilines is 2. The molecule has 0 spiro atoms. The van der Waals surface area contributed by atoms with Crippen molar-refractivity contribution in [2.24, 2.45) is 0 Å². The molecule has 1 aromatic carbocycles. The molecule has 0 aliphatic rings. The first-order valence-electron chi connectivity index (χ1n) is 8.08. The van der Waals surface area contributed by atoms with Crippen molar-refractivity contribution in [3.63, 3.8) is 0 Å². The summed E-state index contributed by atoms with van der Waals surface area (Å²) in [5.41, 5.74) is 1.89. The summed E-state index contributed by atoms with van der Waals surface area (Å²) < 4.78 is 0.726. The molecular weight excluding hydrogens is 384 g/mol. The number of nitrogens with one attached hydrogen (secondary N) is 3. The number of benzene rings is 1. The van der Waals surface area contributed by atoms with Crippen molar-refractivity contribution in [3.8, 4) is 0 Å². The maximum absolute atomic E-state index is 12.1. The zero-order valence-electron chi connectivity index (χ0n) is 14.8. The Labute approximate surface area is 165 Å². The lowest BCUT2D eigenvalue weighted by Crippen LogP contribution is -2.25. The largest absolute Gasteiger partial charge is 0.352 e. The SMILES string of the molecule is C=CCNC(=O)Cc1csc(SCC(=O)Nc2cccc(NC(C)=O)c2)n1. The quantitative estimate of drug-likeness (QED) is 0.441. The summed E-state index contributed by atoms with van der Waals surface area (Å²) in [7, 11) is 0. The van der Waals surface area contributed by atoms with Crippen LogP contribution in [-0.4, -0.2) is 35.0 Å². The lowest BCUT2D eigenvalue weighted by Gasteiger charge is -2.07. The number of carbonyl (C=O) groups is 3. The fraction of sp³-hybridized carbons (Fsp3) is 0.222. The Morgan fingerprint density at radius 3 is 2.67 bits per heavy atom. The lowest BCUT2D eigenvalue weighted by atomic mass is 10.2. The molecule has 7 nitrogen and oxygen atoms in total. The van der Waals surface area contributed by atoms with Crippen LogP contribution in [0.3, 0.4) is 0 Å². The van der Waals surface area contributed by atoms with Gasteiger partial charge in [0.2, 0.25) is 17.7 Å². The molecular formula is C18H20N4O3S2. The Hall–Kier alpha value is -2.65. The molecule has 0 saturated carbocycles. The highest BCUT2D eigenvalue weighted by molar-refractivity contribution is 8.01. The zero-order valence-corrected chi connectivity index (χ0v) is 16.4. The topological polar surface area (TPSA) is 100 Å². The lowest BCUT2D eigenvalue weighted by molar-refractivity contribution is -0.120. The number of rotatable bonds is 9. The van der Waals surface area contributed by atoms with Crippen LogP contribution >= 0.6 is 23.1 Å². The number of amides is 3. The summed E-state index contributed by atoms with van der Waals surface area (Å²) in [4.78, 5) is 39.2. The van der Waals surface area contributed by atoms with E-state index in [4.69, 9.17) is 0 Å². The molecule has 1 aromatic heterocycles. The number of thioether (sulfide) groups is 1. The maximum Gasteiger partial charge on any atom is 0.234 e. The zero-order chi connectivity index (χ0) is 19.6. The predicted molar refractivity (Wildman–Crippen MR) is 109 cm³/mol. The van der Waals surface area contributed by atoms with Crippen molar-refractivity contribution < 1.29 is 14.4 Å². The molecule has 0 aliphatic carbocycles. The van der Waals surface area contributed by atoms with Crippen molar-refractivity contribution >= 4 is 52.2 Å². The van der Waals surface area contributed by atoms with Crippen LogP contribution in [0, 0.1) is 0 Å². The molecule has 0 atom stereocenters. The summed E-state index contributed by atoms with van der Waals surface area (Å²) in [6, 6.07) is 6.93. The minimum absolute atomic E-state index is 0.117. The molecule has 2 rings (SSSR count). The third-order valence-electron chi connectivity index (χ3n) is 3.11. The first-order valence-corrected chi connectivity index (χ1v) is 9.95. The predicted octanol–water partition coefficient (Wildman–Crippen LogP) is 2.68. The molecule has 0 aliphatic heterocycles. The summed E-state index contributed by atoms with van der Waals surface area (Å²) in [5.74, 6) is -0.277. The van der Waals surface area contributed by atoms with E-state index in [1.807, 2.05) is 5.38 Å². The first kappa shape index (κ1) is 20.7. The van der Waals surface area contributed by atoms with E-state index >= 15 is 0 Å². The Morgan fingerprint density at radius 2 is 1.96 bits per heavy atom. The second kappa shape index (κ2) is 10.5. The number of aromatic nitrogens is 1. The van der Waals surface area contributed by atoms with Gasteiger partial charge in [-0.15, -0.1) is 17.9 Å². The van der Waals surface area contributed by atoms with Crippen molar-refractivity contribution in [2.45, 2.75) is 17.7 Å². The summed E-state index contributed by atoms with van der Waals surface area (Å²) in [6.45, 7) is 5.39. The van der Waals surface area contributed by atoms with Crippen LogP contribution < -0.4 is 16.0 Å². The Bertz CT molecular complexity index is 836. The van der Waals surface area contributed by atoms with E-state index in [1.165, 1.54) is 30.0 Å². The van der Waals surface area contributed by atoms with Gasteiger partial charge in [0.25, 0.3) is 0 Å². The molecule has 27 heavy (non-hydrogen) atoms. The standard InChI is InChI=1S/C18H20N4O3S2/c1-3-7-19-16(24)9-15-10-26-18(22-15)27-11-17(25)21-14-6-4-5-13(8-14)20-12(2)23/h3-6,8,10H,1,7,9,11H2,2H3,(H,19,24)(H,20,23)(H,21,25). The highest BCUT2D eigenvalue weighted by Crippen LogP contribution is 2.23. The Balaban J connectivity index is 1.81. The number of carbonyl (C=O) groups excluding carboxylic acids is 3. The number of hydrogen-bond donors (Lipinski definition) is 3. The smallest absolute Gasteiger partial charge is 0.234 e. The van der Waals surface area contributed by atoms with Crippen LogP contribution in [0.5, 0.6) is 0 Å². The minimum atomic E-state index is -0.180. The van der Waals surface area contributed by atoms with E-state index in [0.29, 0.717) is 23.6 Å². The summed E-state index contributed by atoms with van der Waals surface area (Å²) in [6.07, 6.45) is 1.82. The van der Waals surface area contributed by atoms with E-state index in [-0.39, 0.29) is 29.9 Å². The van der Waals surface area contributed by atoms with Crippen molar-refractivity contribution in [2.75, 3.05) is 22.9 Å². The molecule has 3 N–H and O–H groups in total. The number of hydrogen-bond acceptors (Lipinski definition) is 6. The minimum Gasteiger partial charge on any atom is -0.352 e. The van der Waals surface area contributed by atoms with Gasteiger partial charge < -0.3 is 16.0 Å². The van der Waals surface area contributed by atoms with Gasteiger partial charge in [-0.2, -0.15) is 0 Å². The molecule has 3 amide bonds. The highest BCUT2D eigenvalue weighted by Gasteiger charge is 2.10. The van der Waals surface area contributed by atoms with E-state index in [0.717, 1.165) is 4.34 Å². The van der Waals surface area contributed by atoms with Gasteiger partial charge >= 0.3 is 0 Å². The monoisotopic (exact) mass is 404 g/mol. The van der Waals surface area contributed by atoms with Gasteiger partial charge in [0.15, 0.2) is 4.34 Å². The third-order valence-corrected chi connectivity index (χ3v) is 5.18. The normalized spacial score (nSPS) is 10.1. The molecule has 0 bridgehead atoms. The van der Waals surface area contributed by atoms with Gasteiger partial charge in [0.1, 0.15) is 0 Å². The van der Waals surface area contributed by atoms with Crippen molar-refractivity contribution in [3.05, 3.63) is 48.0 Å². The molecule has 142 valence electrons.